The lowest BCUT2D eigenvalue weighted by atomic mass is 10.1. The molecule has 2 aromatic carbocycles. The number of hydrogen-bond acceptors (Lipinski definition) is 6. The fourth-order valence-corrected chi connectivity index (χ4v) is 5.97. The molecule has 35 heavy (non-hydrogen) atoms. The van der Waals surface area contributed by atoms with Crippen LogP contribution in [0.15, 0.2) is 73.2 Å². The highest BCUT2D eigenvalue weighted by molar-refractivity contribution is 7.98. The van der Waals surface area contributed by atoms with Gasteiger partial charge in [0, 0.05) is 48.8 Å². The van der Waals surface area contributed by atoms with Gasteiger partial charge in [0.05, 0.1) is 29.4 Å². The smallest absolute Gasteiger partial charge is 0.123 e. The Bertz CT molecular complexity index is 1230. The van der Waals surface area contributed by atoms with Crippen molar-refractivity contribution in [3.63, 3.8) is 0 Å². The largest absolute Gasteiger partial charge is 0.391 e. The Kier molecular flexibility index (Phi) is 7.79. The number of rotatable bonds is 10. The van der Waals surface area contributed by atoms with Crippen LogP contribution in [-0.4, -0.2) is 49.5 Å². The van der Waals surface area contributed by atoms with Crippen LogP contribution in [0.4, 0.5) is 0 Å². The molecule has 182 valence electrons. The maximum atomic E-state index is 10.7. The summed E-state index contributed by atoms with van der Waals surface area (Å²) < 4.78 is 8.13. The van der Waals surface area contributed by atoms with Crippen molar-refractivity contribution in [2.45, 2.75) is 38.7 Å². The molecule has 0 saturated carbocycles. The van der Waals surface area contributed by atoms with E-state index >= 15 is 0 Å². The second kappa shape index (κ2) is 11.4. The summed E-state index contributed by atoms with van der Waals surface area (Å²) in [7, 11) is 0. The summed E-state index contributed by atoms with van der Waals surface area (Å²) in [6, 6.07) is 20.7. The molecule has 0 radical (unpaired) electrons. The van der Waals surface area contributed by atoms with Gasteiger partial charge in [-0.3, -0.25) is 4.90 Å². The second-order valence-electron chi connectivity index (χ2n) is 9.27. The summed E-state index contributed by atoms with van der Waals surface area (Å²) in [6.45, 7) is 5.36. The number of likely N-dealkylation sites (tertiary alicyclic amines) is 1. The van der Waals surface area contributed by atoms with Crippen LogP contribution in [0.25, 0.3) is 11.0 Å². The van der Waals surface area contributed by atoms with Crippen LogP contribution in [0.3, 0.4) is 0 Å². The number of aliphatic hydroxyl groups excluding tert-OH is 1. The van der Waals surface area contributed by atoms with Crippen molar-refractivity contribution in [3.05, 3.63) is 95.6 Å². The van der Waals surface area contributed by atoms with E-state index in [9.17, 15) is 5.11 Å². The number of aliphatic hydroxyl groups is 1. The molecule has 1 saturated heterocycles. The van der Waals surface area contributed by atoms with Crippen LogP contribution in [0, 0.1) is 12.8 Å². The summed E-state index contributed by atoms with van der Waals surface area (Å²) in [5.74, 6) is 2.22. The summed E-state index contributed by atoms with van der Waals surface area (Å²) in [6.07, 6.45) is 3.48. The summed E-state index contributed by atoms with van der Waals surface area (Å²) in [4.78, 5) is 11.4. The van der Waals surface area contributed by atoms with Crippen LogP contribution >= 0.6 is 11.8 Å². The summed E-state index contributed by atoms with van der Waals surface area (Å²) in [5, 5.41) is 10.7. The highest BCUT2D eigenvalue weighted by atomic mass is 32.2. The molecule has 0 amide bonds. The van der Waals surface area contributed by atoms with Crippen molar-refractivity contribution in [1.29, 1.82) is 0 Å². The van der Waals surface area contributed by atoms with Crippen LogP contribution < -0.4 is 0 Å². The standard InChI is InChI=1S/C28H32N4O2S/c1-21-28-27(30-19-29-21)24(14-32(28)20-34-16-22-8-4-2-5-9-22)12-31-13-25(26(33)15-31)18-35-17-23-10-6-3-7-11-23/h2-11,14,19,25-26,33H,12-13,15-18,20H2,1H3/t25-,26-/m1/s1. The van der Waals surface area contributed by atoms with Crippen LogP contribution in [0.5, 0.6) is 0 Å². The fraction of sp³-hybridized carbons (Fsp3) is 0.357. The molecule has 0 spiro atoms. The lowest BCUT2D eigenvalue weighted by molar-refractivity contribution is 0.0665. The Morgan fingerprint density at radius 3 is 2.51 bits per heavy atom. The Labute approximate surface area is 211 Å². The molecule has 1 aliphatic heterocycles. The molecule has 3 heterocycles. The average molecular weight is 489 g/mol. The van der Waals surface area contributed by atoms with E-state index in [1.165, 1.54) is 5.56 Å². The Balaban J connectivity index is 1.22. The number of ether oxygens (including phenoxy) is 1. The zero-order valence-electron chi connectivity index (χ0n) is 20.1. The van der Waals surface area contributed by atoms with Crippen molar-refractivity contribution in [3.8, 4) is 0 Å². The van der Waals surface area contributed by atoms with Crippen molar-refractivity contribution < 1.29 is 9.84 Å². The predicted octanol–water partition coefficient (Wildman–Crippen LogP) is 4.64. The number of aryl methyl sites for hydroxylation is 1. The molecule has 1 aliphatic rings. The zero-order chi connectivity index (χ0) is 24.0. The molecule has 7 heteroatoms. The zero-order valence-corrected chi connectivity index (χ0v) is 20.9. The summed E-state index contributed by atoms with van der Waals surface area (Å²) >= 11 is 1.90. The van der Waals surface area contributed by atoms with Gasteiger partial charge >= 0.3 is 0 Å². The van der Waals surface area contributed by atoms with E-state index in [2.05, 4.69) is 62.0 Å². The number of benzene rings is 2. The van der Waals surface area contributed by atoms with Gasteiger partial charge in [0.25, 0.3) is 0 Å². The van der Waals surface area contributed by atoms with Crippen LogP contribution in [0.2, 0.25) is 0 Å². The van der Waals surface area contributed by atoms with E-state index in [4.69, 9.17) is 4.74 Å². The number of aromatic nitrogens is 3. The van der Waals surface area contributed by atoms with Gasteiger partial charge in [-0.15, -0.1) is 0 Å². The van der Waals surface area contributed by atoms with Crippen molar-refractivity contribution in [1.82, 2.24) is 19.4 Å². The molecular formula is C28H32N4O2S. The molecule has 5 rings (SSSR count). The number of β-amino-alcohol motifs (C(OH)–C–C–N with tert-alkyl or cyclic N) is 1. The van der Waals surface area contributed by atoms with Gasteiger partial charge < -0.3 is 14.4 Å². The third kappa shape index (κ3) is 5.93. The van der Waals surface area contributed by atoms with Gasteiger partial charge in [-0.05, 0) is 18.1 Å². The SMILES string of the molecule is Cc1ncnc2c(CN3C[C@H](CSCc4ccccc4)[C@H](O)C3)cn(COCc3ccccc3)c12. The van der Waals surface area contributed by atoms with Crippen molar-refractivity contribution >= 4 is 22.8 Å². The minimum absolute atomic E-state index is 0.280. The molecule has 6 nitrogen and oxygen atoms in total. The molecule has 4 aromatic rings. The van der Waals surface area contributed by atoms with Crippen LogP contribution in [0.1, 0.15) is 22.4 Å². The molecule has 1 fully saturated rings. The van der Waals surface area contributed by atoms with E-state index in [1.807, 2.05) is 43.0 Å². The quantitative estimate of drug-likeness (QED) is 0.351. The summed E-state index contributed by atoms with van der Waals surface area (Å²) in [5.41, 5.74) is 6.57. The highest BCUT2D eigenvalue weighted by Crippen LogP contribution is 2.28. The Hall–Kier alpha value is -2.71. The minimum atomic E-state index is -0.294. The van der Waals surface area contributed by atoms with E-state index in [-0.39, 0.29) is 12.0 Å². The highest BCUT2D eigenvalue weighted by Gasteiger charge is 2.31. The van der Waals surface area contributed by atoms with E-state index in [1.54, 1.807) is 6.33 Å². The van der Waals surface area contributed by atoms with Gasteiger partial charge in [0.2, 0.25) is 0 Å². The van der Waals surface area contributed by atoms with Gasteiger partial charge in [0.15, 0.2) is 0 Å². The Morgan fingerprint density at radius 2 is 1.74 bits per heavy atom. The molecule has 1 N–H and O–H groups in total. The maximum absolute atomic E-state index is 10.7. The number of thioether (sulfide) groups is 1. The van der Waals surface area contributed by atoms with Gasteiger partial charge in [-0.25, -0.2) is 9.97 Å². The van der Waals surface area contributed by atoms with Gasteiger partial charge in [-0.2, -0.15) is 11.8 Å². The molecule has 0 unspecified atom stereocenters. The third-order valence-corrected chi connectivity index (χ3v) is 7.77. The fourth-order valence-electron chi connectivity index (χ4n) is 4.79. The van der Waals surface area contributed by atoms with E-state index < -0.39 is 0 Å². The molecule has 2 aromatic heterocycles. The monoisotopic (exact) mass is 488 g/mol. The van der Waals surface area contributed by atoms with Crippen LogP contribution in [-0.2, 0) is 30.4 Å². The van der Waals surface area contributed by atoms with Crippen molar-refractivity contribution in [2.24, 2.45) is 5.92 Å². The molecule has 0 aliphatic carbocycles. The molecule has 2 atom stereocenters. The lowest BCUT2D eigenvalue weighted by Crippen LogP contribution is -2.21. The molecular weight excluding hydrogens is 456 g/mol. The first-order valence-corrected chi connectivity index (χ1v) is 13.3. The lowest BCUT2D eigenvalue weighted by Gasteiger charge is -2.15. The maximum Gasteiger partial charge on any atom is 0.123 e. The second-order valence-corrected chi connectivity index (χ2v) is 10.3. The van der Waals surface area contributed by atoms with E-state index in [0.717, 1.165) is 52.4 Å². The first kappa shape index (κ1) is 24.0. The number of fused-ring (bicyclic) bond motifs is 1. The number of hydrogen-bond donors (Lipinski definition) is 1. The topological polar surface area (TPSA) is 63.4 Å². The average Bonchev–Trinajstić information content (AvgIpc) is 3.41. The van der Waals surface area contributed by atoms with Gasteiger partial charge in [-0.1, -0.05) is 60.7 Å². The first-order chi connectivity index (χ1) is 17.2. The molecule has 0 bridgehead atoms. The minimum Gasteiger partial charge on any atom is -0.391 e. The van der Waals surface area contributed by atoms with Gasteiger partial charge in [0.1, 0.15) is 13.1 Å². The van der Waals surface area contributed by atoms with E-state index in [0.29, 0.717) is 19.9 Å². The first-order valence-electron chi connectivity index (χ1n) is 12.1. The van der Waals surface area contributed by atoms with Crippen molar-refractivity contribution in [2.75, 3.05) is 18.8 Å². The normalized spacial score (nSPS) is 18.5. The Morgan fingerprint density at radius 1 is 1.00 bits per heavy atom. The predicted molar refractivity (Wildman–Crippen MR) is 141 cm³/mol. The number of nitrogens with zero attached hydrogens (tertiary/aromatic N) is 4. The third-order valence-electron chi connectivity index (χ3n) is 6.57.